The van der Waals surface area contributed by atoms with E-state index in [1.807, 2.05) is 6.07 Å². The first-order valence-electron chi connectivity index (χ1n) is 6.37. The molecule has 0 radical (unpaired) electrons. The molecule has 1 aliphatic carbocycles. The van der Waals surface area contributed by atoms with Crippen LogP contribution in [0.25, 0.3) is 0 Å². The van der Waals surface area contributed by atoms with Gasteiger partial charge in [-0.2, -0.15) is 0 Å². The van der Waals surface area contributed by atoms with Crippen LogP contribution in [0.15, 0.2) is 22.7 Å². The number of carbonyl (C=O) groups is 1. The molecule has 1 aromatic rings. The first-order chi connectivity index (χ1) is 8.61. The highest BCUT2D eigenvalue weighted by Gasteiger charge is 2.28. The zero-order valence-electron chi connectivity index (χ0n) is 10.5. The zero-order valence-corrected chi connectivity index (χ0v) is 12.1. The van der Waals surface area contributed by atoms with Crippen molar-refractivity contribution >= 4 is 21.9 Å². The Hall–Kier alpha value is -0.870. The Labute approximate surface area is 116 Å². The van der Waals surface area contributed by atoms with Gasteiger partial charge in [0.2, 0.25) is 0 Å². The van der Waals surface area contributed by atoms with Crippen molar-refractivity contribution in [1.82, 2.24) is 4.90 Å². The monoisotopic (exact) mass is 311 g/mol. The van der Waals surface area contributed by atoms with Crippen LogP contribution in [-0.2, 0) is 6.54 Å². The smallest absolute Gasteiger partial charge is 0.335 e. The molecule has 1 saturated carbocycles. The Kier molecular flexibility index (Phi) is 4.40. The van der Waals surface area contributed by atoms with Crippen LogP contribution in [0.2, 0.25) is 0 Å². The molecule has 0 bridgehead atoms. The Bertz CT molecular complexity index is 443. The maximum Gasteiger partial charge on any atom is 0.335 e. The largest absolute Gasteiger partial charge is 0.478 e. The van der Waals surface area contributed by atoms with Gasteiger partial charge in [-0.25, -0.2) is 4.79 Å². The summed E-state index contributed by atoms with van der Waals surface area (Å²) < 4.78 is 0.893. The number of hydrogen-bond acceptors (Lipinski definition) is 2. The molecule has 18 heavy (non-hydrogen) atoms. The second kappa shape index (κ2) is 5.85. The fraction of sp³-hybridized carbons (Fsp3) is 0.500. The number of carboxylic acid groups (broad SMARTS) is 1. The highest BCUT2D eigenvalue weighted by molar-refractivity contribution is 9.10. The van der Waals surface area contributed by atoms with E-state index in [1.165, 1.54) is 18.4 Å². The molecule has 1 aromatic carbocycles. The minimum atomic E-state index is -0.880. The van der Waals surface area contributed by atoms with Crippen LogP contribution in [0.5, 0.6) is 0 Å². The summed E-state index contributed by atoms with van der Waals surface area (Å²) in [7, 11) is 0. The predicted octanol–water partition coefficient (Wildman–Crippen LogP) is 3.52. The molecule has 1 fully saturated rings. The number of benzene rings is 1. The van der Waals surface area contributed by atoms with Gasteiger partial charge in [0.15, 0.2) is 0 Å². The van der Waals surface area contributed by atoms with E-state index in [9.17, 15) is 4.79 Å². The summed E-state index contributed by atoms with van der Waals surface area (Å²) in [5, 5.41) is 8.93. The average molecular weight is 312 g/mol. The van der Waals surface area contributed by atoms with Gasteiger partial charge in [0, 0.05) is 17.1 Å². The molecule has 3 nitrogen and oxygen atoms in total. The van der Waals surface area contributed by atoms with Gasteiger partial charge in [-0.15, -0.1) is 0 Å². The molecule has 0 amide bonds. The lowest BCUT2D eigenvalue weighted by Gasteiger charge is -2.22. The van der Waals surface area contributed by atoms with Gasteiger partial charge in [0.05, 0.1) is 5.56 Å². The Morgan fingerprint density at radius 1 is 1.50 bits per heavy atom. The molecular weight excluding hydrogens is 294 g/mol. The van der Waals surface area contributed by atoms with Crippen molar-refractivity contribution in [2.24, 2.45) is 0 Å². The van der Waals surface area contributed by atoms with Crippen LogP contribution >= 0.6 is 15.9 Å². The van der Waals surface area contributed by atoms with Crippen molar-refractivity contribution in [1.29, 1.82) is 0 Å². The molecule has 2 rings (SSSR count). The van der Waals surface area contributed by atoms with Gasteiger partial charge in [0.25, 0.3) is 0 Å². The maximum atomic E-state index is 10.9. The summed E-state index contributed by atoms with van der Waals surface area (Å²) in [5.74, 6) is -0.880. The molecule has 1 N–H and O–H groups in total. The van der Waals surface area contributed by atoms with Gasteiger partial charge < -0.3 is 5.11 Å². The highest BCUT2D eigenvalue weighted by Crippen LogP contribution is 2.30. The summed E-state index contributed by atoms with van der Waals surface area (Å²) in [6.07, 6.45) is 3.75. The third-order valence-corrected chi connectivity index (χ3v) is 3.99. The minimum Gasteiger partial charge on any atom is -0.478 e. The molecule has 0 spiro atoms. The Morgan fingerprint density at radius 2 is 2.22 bits per heavy atom. The first-order valence-corrected chi connectivity index (χ1v) is 7.17. The Balaban J connectivity index is 2.10. The zero-order chi connectivity index (χ0) is 13.1. The van der Waals surface area contributed by atoms with Gasteiger partial charge in [0.1, 0.15) is 0 Å². The van der Waals surface area contributed by atoms with E-state index in [-0.39, 0.29) is 0 Å². The van der Waals surface area contributed by atoms with Crippen molar-refractivity contribution < 1.29 is 9.90 Å². The second-order valence-electron chi connectivity index (χ2n) is 4.81. The normalized spacial score (nSPS) is 15.1. The predicted molar refractivity (Wildman–Crippen MR) is 74.8 cm³/mol. The van der Waals surface area contributed by atoms with E-state index >= 15 is 0 Å². The van der Waals surface area contributed by atoms with E-state index in [1.54, 1.807) is 12.1 Å². The summed E-state index contributed by atoms with van der Waals surface area (Å²) in [4.78, 5) is 13.4. The molecule has 0 atom stereocenters. The third kappa shape index (κ3) is 3.33. The van der Waals surface area contributed by atoms with Crippen molar-refractivity contribution in [2.45, 2.75) is 38.8 Å². The number of carboxylic acids is 1. The maximum absolute atomic E-state index is 10.9. The fourth-order valence-corrected chi connectivity index (χ4v) is 2.65. The van der Waals surface area contributed by atoms with Crippen LogP contribution < -0.4 is 0 Å². The first kappa shape index (κ1) is 13.6. The molecule has 0 heterocycles. The summed E-state index contributed by atoms with van der Waals surface area (Å²) >= 11 is 3.47. The lowest BCUT2D eigenvalue weighted by atomic mass is 10.1. The lowest BCUT2D eigenvalue weighted by molar-refractivity contribution is 0.0697. The minimum absolute atomic E-state index is 0.332. The van der Waals surface area contributed by atoms with Crippen LogP contribution in [0, 0.1) is 0 Å². The van der Waals surface area contributed by atoms with Gasteiger partial charge in [-0.05, 0) is 43.5 Å². The number of rotatable bonds is 6. The van der Waals surface area contributed by atoms with Crippen LogP contribution in [-0.4, -0.2) is 28.6 Å². The molecule has 0 unspecified atom stereocenters. The molecule has 4 heteroatoms. The quantitative estimate of drug-likeness (QED) is 0.874. The van der Waals surface area contributed by atoms with Crippen molar-refractivity contribution in [3.05, 3.63) is 33.8 Å². The van der Waals surface area contributed by atoms with Crippen LogP contribution in [0.1, 0.15) is 42.1 Å². The summed E-state index contributed by atoms with van der Waals surface area (Å²) in [6, 6.07) is 6.02. The lowest BCUT2D eigenvalue weighted by Crippen LogP contribution is -2.26. The topological polar surface area (TPSA) is 40.5 Å². The van der Waals surface area contributed by atoms with Gasteiger partial charge in [-0.3, -0.25) is 4.90 Å². The molecule has 0 aromatic heterocycles. The van der Waals surface area contributed by atoms with E-state index < -0.39 is 5.97 Å². The van der Waals surface area contributed by atoms with Crippen molar-refractivity contribution in [3.63, 3.8) is 0 Å². The van der Waals surface area contributed by atoms with Crippen LogP contribution in [0.4, 0.5) is 0 Å². The average Bonchev–Trinajstić information content (AvgIpc) is 3.14. The summed E-state index contributed by atoms with van der Waals surface area (Å²) in [5.41, 5.74) is 1.50. The van der Waals surface area contributed by atoms with E-state index in [2.05, 4.69) is 27.8 Å². The molecular formula is C14H18BrNO2. The second-order valence-corrected chi connectivity index (χ2v) is 5.67. The number of halogens is 1. The fourth-order valence-electron chi connectivity index (χ4n) is 2.14. The van der Waals surface area contributed by atoms with Gasteiger partial charge in [-0.1, -0.05) is 28.9 Å². The summed E-state index contributed by atoms with van der Waals surface area (Å²) in [6.45, 7) is 4.20. The van der Waals surface area contributed by atoms with Gasteiger partial charge >= 0.3 is 5.97 Å². The third-order valence-electron chi connectivity index (χ3n) is 3.25. The van der Waals surface area contributed by atoms with E-state index in [4.69, 9.17) is 5.11 Å². The molecule has 0 aliphatic heterocycles. The van der Waals surface area contributed by atoms with E-state index in [0.717, 1.165) is 30.0 Å². The van der Waals surface area contributed by atoms with Crippen molar-refractivity contribution in [2.75, 3.05) is 6.54 Å². The number of hydrogen-bond donors (Lipinski definition) is 1. The number of nitrogens with zero attached hydrogens (tertiary/aromatic N) is 1. The molecule has 98 valence electrons. The van der Waals surface area contributed by atoms with Crippen LogP contribution in [0.3, 0.4) is 0 Å². The highest BCUT2D eigenvalue weighted by atomic mass is 79.9. The SMILES string of the molecule is CCCN(Cc1ccc(C(=O)O)cc1Br)C1CC1. The molecule has 1 aliphatic rings. The van der Waals surface area contributed by atoms with E-state index in [0.29, 0.717) is 5.56 Å². The standard InChI is InChI=1S/C14H18BrNO2/c1-2-7-16(12-5-6-12)9-11-4-3-10(14(17)18)8-13(11)15/h3-4,8,12H,2,5-7,9H2,1H3,(H,17,18). The van der Waals surface area contributed by atoms with Crippen molar-refractivity contribution in [3.8, 4) is 0 Å². The Morgan fingerprint density at radius 3 is 2.72 bits per heavy atom. The molecule has 0 saturated heterocycles. The number of aromatic carboxylic acids is 1.